The molecule has 2 aromatic rings. The average Bonchev–Trinajstić information content (AvgIpc) is 2.91. The minimum atomic E-state index is 0.0436. The van der Waals surface area contributed by atoms with Crippen molar-refractivity contribution in [2.24, 2.45) is 5.92 Å². The maximum atomic E-state index is 9.08. The number of halogens is 1. The highest BCUT2D eigenvalue weighted by atomic mass is 35.5. The summed E-state index contributed by atoms with van der Waals surface area (Å²) in [5.41, 5.74) is 0. The summed E-state index contributed by atoms with van der Waals surface area (Å²) in [4.78, 5) is 16.1. The molecule has 8 nitrogen and oxygen atoms in total. The minimum Gasteiger partial charge on any atom is -0.396 e. The van der Waals surface area contributed by atoms with E-state index >= 15 is 0 Å². The van der Waals surface area contributed by atoms with E-state index in [4.69, 9.17) is 16.7 Å². The molecule has 2 heterocycles. The fourth-order valence-corrected chi connectivity index (χ4v) is 1.85. The molecule has 0 radical (unpaired) electrons. The molecular weight excluding hydrogens is 282 g/mol. The highest BCUT2D eigenvalue weighted by Crippen LogP contribution is 2.14. The van der Waals surface area contributed by atoms with E-state index in [-0.39, 0.29) is 23.9 Å². The molecule has 0 spiro atoms. The molecule has 0 aliphatic heterocycles. The maximum Gasteiger partial charge on any atom is 0.258 e. The van der Waals surface area contributed by atoms with E-state index in [2.05, 4.69) is 44.2 Å². The number of hydrogen-bond acceptors (Lipinski definition) is 7. The molecule has 2 N–H and O–H groups in total. The van der Waals surface area contributed by atoms with Gasteiger partial charge in [0.1, 0.15) is 12.7 Å². The lowest BCUT2D eigenvalue weighted by Gasteiger charge is -2.21. The molecule has 0 fully saturated rings. The van der Waals surface area contributed by atoms with Crippen LogP contribution in [0.1, 0.15) is 20.3 Å². The van der Waals surface area contributed by atoms with Crippen LogP contribution in [0.25, 0.3) is 5.95 Å². The monoisotopic (exact) mass is 297 g/mol. The van der Waals surface area contributed by atoms with E-state index in [1.54, 1.807) is 0 Å². The first-order chi connectivity index (χ1) is 9.60. The van der Waals surface area contributed by atoms with Crippen LogP contribution in [0.4, 0.5) is 5.95 Å². The lowest BCUT2D eigenvalue weighted by molar-refractivity contribution is 0.267. The van der Waals surface area contributed by atoms with Gasteiger partial charge < -0.3 is 10.4 Å². The van der Waals surface area contributed by atoms with Gasteiger partial charge in [0.25, 0.3) is 5.95 Å². The third-order valence-electron chi connectivity index (χ3n) is 2.78. The molecule has 9 heteroatoms. The van der Waals surface area contributed by atoms with Gasteiger partial charge in [-0.25, -0.2) is 4.98 Å². The molecule has 0 bridgehead atoms. The van der Waals surface area contributed by atoms with E-state index in [0.29, 0.717) is 18.3 Å². The number of hydrogen-bond donors (Lipinski definition) is 2. The van der Waals surface area contributed by atoms with Crippen molar-refractivity contribution in [2.75, 3.05) is 11.9 Å². The Balaban J connectivity index is 2.23. The molecule has 0 aromatic carbocycles. The average molecular weight is 298 g/mol. The fourth-order valence-electron chi connectivity index (χ4n) is 1.70. The number of nitrogens with one attached hydrogen (secondary N) is 1. The summed E-state index contributed by atoms with van der Waals surface area (Å²) in [6.07, 6.45) is 3.45. The van der Waals surface area contributed by atoms with Crippen molar-refractivity contribution >= 4 is 17.5 Å². The zero-order valence-corrected chi connectivity index (χ0v) is 12.0. The number of aliphatic hydroxyl groups is 1. The lowest BCUT2D eigenvalue weighted by atomic mass is 10.0. The molecule has 0 amide bonds. The Labute approximate surface area is 121 Å². The van der Waals surface area contributed by atoms with Gasteiger partial charge in [0, 0.05) is 12.6 Å². The summed E-state index contributed by atoms with van der Waals surface area (Å²) in [5, 5.41) is 16.3. The van der Waals surface area contributed by atoms with Gasteiger partial charge in [-0.05, 0) is 23.9 Å². The zero-order chi connectivity index (χ0) is 14.5. The predicted molar refractivity (Wildman–Crippen MR) is 73.7 cm³/mol. The van der Waals surface area contributed by atoms with Crippen molar-refractivity contribution in [3.8, 4) is 5.95 Å². The van der Waals surface area contributed by atoms with Gasteiger partial charge in [-0.2, -0.15) is 24.7 Å². The summed E-state index contributed by atoms with van der Waals surface area (Å²) < 4.78 is 1.40. The van der Waals surface area contributed by atoms with Crippen LogP contribution in [0.2, 0.25) is 5.28 Å². The maximum absolute atomic E-state index is 9.08. The van der Waals surface area contributed by atoms with Gasteiger partial charge >= 0.3 is 0 Å². The smallest absolute Gasteiger partial charge is 0.258 e. The quantitative estimate of drug-likeness (QED) is 0.817. The van der Waals surface area contributed by atoms with Crippen LogP contribution in [-0.4, -0.2) is 47.5 Å². The van der Waals surface area contributed by atoms with E-state index < -0.39 is 0 Å². The summed E-state index contributed by atoms with van der Waals surface area (Å²) >= 11 is 5.89. The molecule has 20 heavy (non-hydrogen) atoms. The normalized spacial score (nSPS) is 12.7. The second-order valence-corrected chi connectivity index (χ2v) is 4.91. The zero-order valence-electron chi connectivity index (χ0n) is 11.2. The number of rotatable bonds is 6. The molecule has 1 atom stereocenters. The van der Waals surface area contributed by atoms with Crippen LogP contribution in [0.3, 0.4) is 0 Å². The Kier molecular flexibility index (Phi) is 4.80. The molecule has 0 saturated carbocycles. The van der Waals surface area contributed by atoms with E-state index in [1.165, 1.54) is 17.3 Å². The van der Waals surface area contributed by atoms with Crippen molar-refractivity contribution < 1.29 is 5.11 Å². The topological polar surface area (TPSA) is 102 Å². The van der Waals surface area contributed by atoms with Crippen molar-refractivity contribution in [1.29, 1.82) is 0 Å². The summed E-state index contributed by atoms with van der Waals surface area (Å²) in [7, 11) is 0. The van der Waals surface area contributed by atoms with Crippen LogP contribution in [0.5, 0.6) is 0 Å². The molecular formula is C11H16ClN7O. The molecule has 1 unspecified atom stereocenters. The van der Waals surface area contributed by atoms with Crippen molar-refractivity contribution in [3.63, 3.8) is 0 Å². The largest absolute Gasteiger partial charge is 0.396 e. The third-order valence-corrected chi connectivity index (χ3v) is 2.95. The number of nitrogens with zero attached hydrogens (tertiary/aromatic N) is 6. The van der Waals surface area contributed by atoms with Crippen molar-refractivity contribution in [1.82, 2.24) is 29.7 Å². The second kappa shape index (κ2) is 6.58. The Morgan fingerprint density at radius 3 is 2.75 bits per heavy atom. The van der Waals surface area contributed by atoms with E-state index in [0.717, 1.165) is 0 Å². The Bertz CT molecular complexity index is 546. The van der Waals surface area contributed by atoms with E-state index in [9.17, 15) is 0 Å². The first-order valence-corrected chi connectivity index (χ1v) is 6.62. The molecule has 108 valence electrons. The van der Waals surface area contributed by atoms with Crippen LogP contribution in [0.15, 0.2) is 12.7 Å². The van der Waals surface area contributed by atoms with E-state index in [1.807, 2.05) is 0 Å². The fraction of sp³-hybridized carbons (Fsp3) is 0.545. The number of aromatic nitrogens is 6. The van der Waals surface area contributed by atoms with Gasteiger partial charge in [-0.3, -0.25) is 0 Å². The molecule has 2 aromatic heterocycles. The lowest BCUT2D eigenvalue weighted by Crippen LogP contribution is -2.28. The molecule has 0 aliphatic carbocycles. The Morgan fingerprint density at radius 2 is 2.15 bits per heavy atom. The summed E-state index contributed by atoms with van der Waals surface area (Å²) in [6.45, 7) is 4.19. The Hall–Kier alpha value is -1.80. The van der Waals surface area contributed by atoms with Crippen LogP contribution in [0, 0.1) is 5.92 Å². The third kappa shape index (κ3) is 3.61. The first-order valence-electron chi connectivity index (χ1n) is 6.24. The standard InChI is InChI=1S/C11H16ClN7O/c1-7(2)8(3-4-20)15-10-16-9(12)17-11(18-10)19-6-13-5-14-19/h5-8,20H,3-4H2,1-2H3,(H,15,16,17,18). The predicted octanol–water partition coefficient (Wildman–Crippen LogP) is 0.925. The van der Waals surface area contributed by atoms with Crippen molar-refractivity contribution in [2.45, 2.75) is 26.3 Å². The number of anilines is 1. The SMILES string of the molecule is CC(C)C(CCO)Nc1nc(Cl)nc(-n2cncn2)n1. The summed E-state index contributed by atoms with van der Waals surface area (Å²) in [6, 6.07) is 0.0436. The molecule has 0 saturated heterocycles. The van der Waals surface area contributed by atoms with Gasteiger partial charge in [0.15, 0.2) is 0 Å². The van der Waals surface area contributed by atoms with Crippen molar-refractivity contribution in [3.05, 3.63) is 17.9 Å². The first kappa shape index (κ1) is 14.6. The van der Waals surface area contributed by atoms with Gasteiger partial charge in [-0.1, -0.05) is 13.8 Å². The molecule has 0 aliphatic rings. The van der Waals surface area contributed by atoms with Gasteiger partial charge in [0.05, 0.1) is 0 Å². The van der Waals surface area contributed by atoms with Crippen LogP contribution < -0.4 is 5.32 Å². The van der Waals surface area contributed by atoms with Crippen LogP contribution in [-0.2, 0) is 0 Å². The summed E-state index contributed by atoms with van der Waals surface area (Å²) in [5.74, 6) is 0.951. The highest BCUT2D eigenvalue weighted by molar-refractivity contribution is 6.28. The van der Waals surface area contributed by atoms with Crippen LogP contribution >= 0.6 is 11.6 Å². The number of aliphatic hydroxyl groups excluding tert-OH is 1. The van der Waals surface area contributed by atoms with Gasteiger partial charge in [0.2, 0.25) is 11.2 Å². The second-order valence-electron chi connectivity index (χ2n) is 4.58. The highest BCUT2D eigenvalue weighted by Gasteiger charge is 2.15. The molecule has 2 rings (SSSR count). The Morgan fingerprint density at radius 1 is 1.35 bits per heavy atom. The minimum absolute atomic E-state index is 0.0436. The van der Waals surface area contributed by atoms with Gasteiger partial charge in [-0.15, -0.1) is 0 Å².